The van der Waals surface area contributed by atoms with Crippen LogP contribution in [0.3, 0.4) is 0 Å². The highest BCUT2D eigenvalue weighted by Crippen LogP contribution is 2.41. The second kappa shape index (κ2) is 9.70. The van der Waals surface area contributed by atoms with Crippen LogP contribution in [0.1, 0.15) is 28.6 Å². The summed E-state index contributed by atoms with van der Waals surface area (Å²) in [5.74, 6) is -1.34. The highest BCUT2D eigenvalue weighted by molar-refractivity contribution is 6.42. The van der Waals surface area contributed by atoms with Crippen LogP contribution < -0.4 is 4.74 Å². The number of carbonyl (C=O) groups excluding carboxylic acids is 2. The van der Waals surface area contributed by atoms with E-state index in [-0.39, 0.29) is 16.4 Å². The van der Waals surface area contributed by atoms with E-state index in [0.717, 1.165) is 6.54 Å². The van der Waals surface area contributed by atoms with Gasteiger partial charge in [0.25, 0.3) is 5.91 Å². The number of hydrogen-bond acceptors (Lipinski definition) is 6. The number of ether oxygens (including phenoxy) is 1. The molecule has 0 radical (unpaired) electrons. The largest absolute Gasteiger partial charge is 0.503 e. The number of rotatable bonds is 8. The second-order valence-corrected chi connectivity index (χ2v) is 9.13. The molecule has 0 bridgehead atoms. The third kappa shape index (κ3) is 4.39. The number of halogens is 2. The summed E-state index contributed by atoms with van der Waals surface area (Å²) in [6.45, 7) is 1.06. The highest BCUT2D eigenvalue weighted by atomic mass is 35.5. The van der Waals surface area contributed by atoms with Gasteiger partial charge >= 0.3 is 0 Å². The molecule has 1 N–H and O–H groups in total. The Morgan fingerprint density at radius 3 is 2.62 bits per heavy atom. The maximum atomic E-state index is 13.6. The molecule has 7 nitrogen and oxygen atoms in total. The van der Waals surface area contributed by atoms with Crippen LogP contribution in [0.15, 0.2) is 58.2 Å². The van der Waals surface area contributed by atoms with Crippen LogP contribution >= 0.6 is 23.2 Å². The first-order chi connectivity index (χ1) is 16.2. The van der Waals surface area contributed by atoms with Crippen molar-refractivity contribution in [2.75, 3.05) is 34.3 Å². The lowest BCUT2D eigenvalue weighted by Gasteiger charge is -2.27. The van der Waals surface area contributed by atoms with E-state index in [1.165, 1.54) is 12.0 Å². The Morgan fingerprint density at radius 1 is 1.18 bits per heavy atom. The zero-order chi connectivity index (χ0) is 24.6. The number of aliphatic hydroxyl groups is 1. The number of amides is 1. The predicted octanol–water partition coefficient (Wildman–Crippen LogP) is 5.28. The van der Waals surface area contributed by atoms with Crippen LogP contribution in [0.2, 0.25) is 10.0 Å². The molecular weight excluding hydrogens is 479 g/mol. The first kappa shape index (κ1) is 24.1. The molecule has 0 saturated heterocycles. The quantitative estimate of drug-likeness (QED) is 0.422. The van der Waals surface area contributed by atoms with Crippen LogP contribution in [0.5, 0.6) is 5.75 Å². The van der Waals surface area contributed by atoms with Gasteiger partial charge in [-0.3, -0.25) is 9.59 Å². The Labute approximate surface area is 207 Å². The SMILES string of the molecule is COc1cccc2cc(C(=O)C3=C(O)C(=O)N(CCCN(C)C)C3c3ccc(Cl)c(Cl)c3)oc12. The van der Waals surface area contributed by atoms with E-state index < -0.39 is 23.5 Å². The third-order valence-electron chi connectivity index (χ3n) is 5.76. The Morgan fingerprint density at radius 2 is 1.94 bits per heavy atom. The lowest BCUT2D eigenvalue weighted by Crippen LogP contribution is -2.33. The number of aliphatic hydroxyl groups excluding tert-OH is 1. The van der Waals surface area contributed by atoms with E-state index in [4.69, 9.17) is 32.4 Å². The third-order valence-corrected chi connectivity index (χ3v) is 6.50. The van der Waals surface area contributed by atoms with Crippen molar-refractivity contribution in [3.8, 4) is 5.75 Å². The van der Waals surface area contributed by atoms with Gasteiger partial charge < -0.3 is 24.1 Å². The summed E-state index contributed by atoms with van der Waals surface area (Å²) in [7, 11) is 5.38. The summed E-state index contributed by atoms with van der Waals surface area (Å²) in [4.78, 5) is 30.2. The van der Waals surface area contributed by atoms with Crippen molar-refractivity contribution >= 4 is 45.9 Å². The summed E-state index contributed by atoms with van der Waals surface area (Å²) in [5, 5.41) is 12.1. The lowest BCUT2D eigenvalue weighted by molar-refractivity contribution is -0.129. The van der Waals surface area contributed by atoms with E-state index >= 15 is 0 Å². The minimum atomic E-state index is -0.841. The highest BCUT2D eigenvalue weighted by Gasteiger charge is 2.44. The van der Waals surface area contributed by atoms with Gasteiger partial charge in [0.15, 0.2) is 22.9 Å². The van der Waals surface area contributed by atoms with Gasteiger partial charge in [-0.15, -0.1) is 0 Å². The summed E-state index contributed by atoms with van der Waals surface area (Å²) >= 11 is 12.3. The van der Waals surface area contributed by atoms with E-state index in [2.05, 4.69) is 0 Å². The standard InChI is InChI=1S/C25H24Cl2N2O5/c1-28(2)10-5-11-29-21(14-8-9-16(26)17(27)12-14)20(23(31)25(29)32)22(30)19-13-15-6-4-7-18(33-3)24(15)34-19/h4,6-9,12-13,21,31H,5,10-11H2,1-3H3. The monoisotopic (exact) mass is 502 g/mol. The Bertz CT molecular complexity index is 1300. The van der Waals surface area contributed by atoms with Crippen molar-refractivity contribution in [1.82, 2.24) is 9.80 Å². The number of benzene rings is 2. The van der Waals surface area contributed by atoms with Gasteiger partial charge in [-0.25, -0.2) is 0 Å². The van der Waals surface area contributed by atoms with Crippen molar-refractivity contribution in [3.05, 3.63) is 75.2 Å². The number of carbonyl (C=O) groups is 2. The van der Waals surface area contributed by atoms with E-state index in [0.29, 0.717) is 40.3 Å². The van der Waals surface area contributed by atoms with Crippen LogP contribution in [0.4, 0.5) is 0 Å². The first-order valence-corrected chi connectivity index (χ1v) is 11.4. The molecule has 34 heavy (non-hydrogen) atoms. The molecule has 4 rings (SSSR count). The molecule has 0 saturated carbocycles. The summed E-state index contributed by atoms with van der Waals surface area (Å²) < 4.78 is 11.1. The average molecular weight is 503 g/mol. The molecule has 2 heterocycles. The molecule has 1 unspecified atom stereocenters. The molecule has 3 aromatic rings. The van der Waals surface area contributed by atoms with Crippen LogP contribution in [0.25, 0.3) is 11.0 Å². The van der Waals surface area contributed by atoms with Gasteiger partial charge in [0.2, 0.25) is 5.78 Å². The zero-order valence-electron chi connectivity index (χ0n) is 19.0. The van der Waals surface area contributed by atoms with E-state index in [1.807, 2.05) is 19.0 Å². The number of hydrogen-bond donors (Lipinski definition) is 1. The van der Waals surface area contributed by atoms with Gasteiger partial charge in [0.05, 0.1) is 28.8 Å². The number of para-hydroxylation sites is 1. The van der Waals surface area contributed by atoms with Gasteiger partial charge in [-0.1, -0.05) is 41.4 Å². The predicted molar refractivity (Wildman–Crippen MR) is 131 cm³/mol. The summed E-state index contributed by atoms with van der Waals surface area (Å²) in [5.41, 5.74) is 0.909. The maximum Gasteiger partial charge on any atom is 0.290 e. The fourth-order valence-electron chi connectivity index (χ4n) is 4.14. The molecule has 178 valence electrons. The molecule has 1 atom stereocenters. The van der Waals surface area contributed by atoms with Crippen molar-refractivity contribution in [2.45, 2.75) is 12.5 Å². The number of ketones is 1. The van der Waals surface area contributed by atoms with Crippen molar-refractivity contribution < 1.29 is 23.8 Å². The average Bonchev–Trinajstić information content (AvgIpc) is 3.35. The number of furan rings is 1. The Balaban J connectivity index is 1.78. The molecule has 0 aliphatic carbocycles. The van der Waals surface area contributed by atoms with Crippen molar-refractivity contribution in [1.29, 1.82) is 0 Å². The molecule has 0 fully saturated rings. The molecule has 0 spiro atoms. The van der Waals surface area contributed by atoms with E-state index in [1.54, 1.807) is 42.5 Å². The van der Waals surface area contributed by atoms with Crippen molar-refractivity contribution in [3.63, 3.8) is 0 Å². The van der Waals surface area contributed by atoms with Crippen LogP contribution in [-0.4, -0.2) is 60.9 Å². The van der Waals surface area contributed by atoms with Crippen LogP contribution in [-0.2, 0) is 4.79 Å². The van der Waals surface area contributed by atoms with Crippen molar-refractivity contribution in [2.24, 2.45) is 0 Å². The molecule has 1 aliphatic rings. The van der Waals surface area contributed by atoms with Gasteiger partial charge in [0.1, 0.15) is 0 Å². The van der Waals surface area contributed by atoms with Gasteiger partial charge in [0, 0.05) is 11.9 Å². The Kier molecular flexibility index (Phi) is 6.89. The minimum absolute atomic E-state index is 0.00551. The number of fused-ring (bicyclic) bond motifs is 1. The zero-order valence-corrected chi connectivity index (χ0v) is 20.5. The van der Waals surface area contributed by atoms with Crippen LogP contribution in [0, 0.1) is 0 Å². The number of nitrogens with zero attached hydrogens (tertiary/aromatic N) is 2. The maximum absolute atomic E-state index is 13.6. The molecular formula is C25H24Cl2N2O5. The summed E-state index contributed by atoms with van der Waals surface area (Å²) in [6.07, 6.45) is 0.646. The van der Waals surface area contributed by atoms with E-state index in [9.17, 15) is 14.7 Å². The number of Topliss-reactive ketones (excluding diaryl/α,β-unsaturated/α-hetero) is 1. The molecule has 2 aromatic carbocycles. The van der Waals surface area contributed by atoms with Gasteiger partial charge in [-0.05, 0) is 56.9 Å². The topological polar surface area (TPSA) is 83.2 Å². The Hall–Kier alpha value is -3.00. The molecule has 9 heteroatoms. The fraction of sp³-hybridized carbons (Fsp3) is 0.280. The summed E-state index contributed by atoms with van der Waals surface area (Å²) in [6, 6.07) is 10.9. The van der Waals surface area contributed by atoms with Gasteiger partial charge in [-0.2, -0.15) is 0 Å². The lowest BCUT2D eigenvalue weighted by atomic mass is 9.95. The molecule has 1 aliphatic heterocycles. The minimum Gasteiger partial charge on any atom is -0.503 e. The molecule has 1 amide bonds. The number of methoxy groups -OCH3 is 1. The second-order valence-electron chi connectivity index (χ2n) is 8.31. The smallest absolute Gasteiger partial charge is 0.290 e. The fourth-order valence-corrected chi connectivity index (χ4v) is 4.45. The normalized spacial score (nSPS) is 16.2. The first-order valence-electron chi connectivity index (χ1n) is 10.7. The molecule has 1 aromatic heterocycles.